The first-order valence-electron chi connectivity index (χ1n) is 7.62. The number of hydrogen-bond acceptors (Lipinski definition) is 4. The molecule has 1 unspecified atom stereocenters. The Labute approximate surface area is 116 Å². The van der Waals surface area contributed by atoms with Crippen LogP contribution >= 0.6 is 0 Å². The summed E-state index contributed by atoms with van der Waals surface area (Å²) < 4.78 is 0. The quantitative estimate of drug-likeness (QED) is 0.688. The van der Waals surface area contributed by atoms with Gasteiger partial charge in [0.1, 0.15) is 0 Å². The average molecular weight is 268 g/mol. The molecule has 2 aliphatic rings. The van der Waals surface area contributed by atoms with E-state index >= 15 is 0 Å². The van der Waals surface area contributed by atoms with Gasteiger partial charge in [-0.15, -0.1) is 0 Å². The molecule has 2 saturated heterocycles. The second-order valence-corrected chi connectivity index (χ2v) is 5.94. The van der Waals surface area contributed by atoms with Gasteiger partial charge in [-0.2, -0.15) is 0 Å². The second-order valence-electron chi connectivity index (χ2n) is 5.94. The third-order valence-electron chi connectivity index (χ3n) is 4.26. The molecule has 2 heterocycles. The zero-order chi connectivity index (χ0) is 13.7. The third-order valence-corrected chi connectivity index (χ3v) is 4.26. The van der Waals surface area contributed by atoms with E-state index in [1.807, 2.05) is 0 Å². The molecule has 0 aromatic heterocycles. The molecule has 0 radical (unpaired) electrons. The molecule has 0 aliphatic carbocycles. The molecule has 0 spiro atoms. The molecule has 0 aromatic carbocycles. The van der Waals surface area contributed by atoms with E-state index < -0.39 is 0 Å². The van der Waals surface area contributed by atoms with E-state index in [1.54, 1.807) is 0 Å². The summed E-state index contributed by atoms with van der Waals surface area (Å²) in [6.07, 6.45) is 0. The summed E-state index contributed by atoms with van der Waals surface area (Å²) in [5.41, 5.74) is 0. The van der Waals surface area contributed by atoms with Crippen molar-refractivity contribution < 1.29 is 4.79 Å². The lowest BCUT2D eigenvalue weighted by Gasteiger charge is -2.35. The van der Waals surface area contributed by atoms with Gasteiger partial charge in [-0.1, -0.05) is 13.8 Å². The molecule has 0 aromatic rings. The molecule has 2 fully saturated rings. The molecule has 5 heteroatoms. The predicted octanol–water partition coefficient (Wildman–Crippen LogP) is -0.404. The standard InChI is InChI=1S/C14H28N4O/c1-3-17-4-6-18(7-5-17)11-12(2)8-16-14(19)13-9-15-10-13/h12-13,15H,3-11H2,1-2H3,(H,16,19). The fraction of sp³-hybridized carbons (Fsp3) is 0.929. The van der Waals surface area contributed by atoms with Crippen molar-refractivity contribution in [3.8, 4) is 0 Å². The van der Waals surface area contributed by atoms with Crippen LogP contribution in [-0.2, 0) is 4.79 Å². The van der Waals surface area contributed by atoms with Crippen molar-refractivity contribution in [2.45, 2.75) is 13.8 Å². The Bertz CT molecular complexity index is 285. The molecule has 2 rings (SSSR count). The summed E-state index contributed by atoms with van der Waals surface area (Å²) in [6.45, 7) is 13.9. The predicted molar refractivity (Wildman–Crippen MR) is 77.1 cm³/mol. The minimum Gasteiger partial charge on any atom is -0.355 e. The van der Waals surface area contributed by atoms with E-state index in [-0.39, 0.29) is 11.8 Å². The van der Waals surface area contributed by atoms with Crippen molar-refractivity contribution in [2.75, 3.05) is 58.9 Å². The van der Waals surface area contributed by atoms with Crippen LogP contribution in [0, 0.1) is 11.8 Å². The average Bonchev–Trinajstić information content (AvgIpc) is 2.35. The number of amides is 1. The molecule has 1 amide bonds. The van der Waals surface area contributed by atoms with E-state index in [9.17, 15) is 4.79 Å². The Kier molecular flexibility index (Phi) is 5.60. The first-order chi connectivity index (χ1) is 9.19. The molecule has 2 N–H and O–H groups in total. The summed E-state index contributed by atoms with van der Waals surface area (Å²) in [7, 11) is 0. The van der Waals surface area contributed by atoms with Crippen LogP contribution in [0.4, 0.5) is 0 Å². The fourth-order valence-corrected chi connectivity index (χ4v) is 2.69. The van der Waals surface area contributed by atoms with Gasteiger partial charge in [0.05, 0.1) is 5.92 Å². The smallest absolute Gasteiger partial charge is 0.225 e. The number of piperazine rings is 1. The third kappa shape index (κ3) is 4.44. The van der Waals surface area contributed by atoms with Crippen molar-refractivity contribution in [1.82, 2.24) is 20.4 Å². The van der Waals surface area contributed by atoms with Crippen LogP contribution in [0.2, 0.25) is 0 Å². The molecular formula is C14H28N4O. The van der Waals surface area contributed by atoms with Gasteiger partial charge in [0, 0.05) is 52.4 Å². The number of hydrogen-bond donors (Lipinski definition) is 2. The number of carbonyl (C=O) groups excluding carboxylic acids is 1. The SMILES string of the molecule is CCN1CCN(CC(C)CNC(=O)C2CNC2)CC1. The summed E-state index contributed by atoms with van der Waals surface area (Å²) in [4.78, 5) is 16.7. The van der Waals surface area contributed by atoms with Gasteiger partial charge in [-0.25, -0.2) is 0 Å². The second kappa shape index (κ2) is 7.22. The molecule has 110 valence electrons. The van der Waals surface area contributed by atoms with Crippen LogP contribution in [-0.4, -0.2) is 74.6 Å². The van der Waals surface area contributed by atoms with E-state index in [2.05, 4.69) is 34.3 Å². The molecule has 2 aliphatic heterocycles. The molecule has 0 bridgehead atoms. The normalized spacial score (nSPS) is 23.9. The van der Waals surface area contributed by atoms with Gasteiger partial charge in [0.2, 0.25) is 5.91 Å². The lowest BCUT2D eigenvalue weighted by Crippen LogP contribution is -2.52. The van der Waals surface area contributed by atoms with Crippen molar-refractivity contribution in [3.63, 3.8) is 0 Å². The fourth-order valence-electron chi connectivity index (χ4n) is 2.69. The van der Waals surface area contributed by atoms with Gasteiger partial charge in [-0.3, -0.25) is 4.79 Å². The monoisotopic (exact) mass is 268 g/mol. The molecule has 19 heavy (non-hydrogen) atoms. The highest BCUT2D eigenvalue weighted by Crippen LogP contribution is 2.06. The van der Waals surface area contributed by atoms with E-state index in [0.717, 1.165) is 32.7 Å². The van der Waals surface area contributed by atoms with Crippen molar-refractivity contribution >= 4 is 5.91 Å². The van der Waals surface area contributed by atoms with Gasteiger partial charge in [-0.05, 0) is 12.5 Å². The van der Waals surface area contributed by atoms with E-state index in [0.29, 0.717) is 5.92 Å². The first kappa shape index (κ1) is 14.8. The number of nitrogens with zero attached hydrogens (tertiary/aromatic N) is 2. The maximum absolute atomic E-state index is 11.7. The lowest BCUT2D eigenvalue weighted by atomic mass is 10.0. The highest BCUT2D eigenvalue weighted by atomic mass is 16.2. The van der Waals surface area contributed by atoms with Crippen LogP contribution in [0.25, 0.3) is 0 Å². The van der Waals surface area contributed by atoms with Gasteiger partial charge in [0.25, 0.3) is 0 Å². The summed E-state index contributed by atoms with van der Waals surface area (Å²) >= 11 is 0. The summed E-state index contributed by atoms with van der Waals surface area (Å²) in [5, 5.41) is 6.21. The number of nitrogens with one attached hydrogen (secondary N) is 2. The highest BCUT2D eigenvalue weighted by molar-refractivity contribution is 5.79. The van der Waals surface area contributed by atoms with Crippen LogP contribution in [0.5, 0.6) is 0 Å². The van der Waals surface area contributed by atoms with Crippen molar-refractivity contribution in [2.24, 2.45) is 11.8 Å². The largest absolute Gasteiger partial charge is 0.355 e. The first-order valence-corrected chi connectivity index (χ1v) is 7.62. The van der Waals surface area contributed by atoms with Crippen molar-refractivity contribution in [1.29, 1.82) is 0 Å². The molecular weight excluding hydrogens is 240 g/mol. The summed E-state index contributed by atoms with van der Waals surface area (Å²) in [6, 6.07) is 0. The maximum Gasteiger partial charge on any atom is 0.225 e. The highest BCUT2D eigenvalue weighted by Gasteiger charge is 2.25. The van der Waals surface area contributed by atoms with Gasteiger partial charge >= 0.3 is 0 Å². The number of carbonyl (C=O) groups is 1. The number of rotatable bonds is 6. The zero-order valence-corrected chi connectivity index (χ0v) is 12.3. The van der Waals surface area contributed by atoms with Crippen LogP contribution < -0.4 is 10.6 Å². The maximum atomic E-state index is 11.7. The molecule has 0 saturated carbocycles. The van der Waals surface area contributed by atoms with Crippen LogP contribution in [0.3, 0.4) is 0 Å². The number of likely N-dealkylation sites (N-methyl/N-ethyl adjacent to an activating group) is 1. The van der Waals surface area contributed by atoms with Crippen molar-refractivity contribution in [3.05, 3.63) is 0 Å². The molecule has 1 atom stereocenters. The minimum atomic E-state index is 0.209. The topological polar surface area (TPSA) is 47.6 Å². The van der Waals surface area contributed by atoms with E-state index in [1.165, 1.54) is 26.2 Å². The lowest BCUT2D eigenvalue weighted by molar-refractivity contribution is -0.126. The Morgan fingerprint density at radius 2 is 1.89 bits per heavy atom. The van der Waals surface area contributed by atoms with Crippen LogP contribution in [0.1, 0.15) is 13.8 Å². The van der Waals surface area contributed by atoms with Gasteiger partial charge < -0.3 is 20.4 Å². The Morgan fingerprint density at radius 3 is 2.42 bits per heavy atom. The van der Waals surface area contributed by atoms with Crippen LogP contribution in [0.15, 0.2) is 0 Å². The summed E-state index contributed by atoms with van der Waals surface area (Å²) in [5.74, 6) is 0.965. The minimum absolute atomic E-state index is 0.209. The Hall–Kier alpha value is -0.650. The van der Waals surface area contributed by atoms with E-state index in [4.69, 9.17) is 0 Å². The Morgan fingerprint density at radius 1 is 1.26 bits per heavy atom. The Balaban J connectivity index is 1.59. The molecule has 5 nitrogen and oxygen atoms in total. The van der Waals surface area contributed by atoms with Gasteiger partial charge in [0.15, 0.2) is 0 Å². The zero-order valence-electron chi connectivity index (χ0n) is 12.3.